The van der Waals surface area contributed by atoms with Gasteiger partial charge >= 0.3 is 0 Å². The Hall–Kier alpha value is -4.13. The molecular weight excluding hydrogens is 364 g/mol. The predicted octanol–water partition coefficient (Wildman–Crippen LogP) is 4.24. The van der Waals surface area contributed by atoms with Crippen LogP contribution >= 0.6 is 0 Å². The number of hydrogen-bond acceptors (Lipinski definition) is 6. The Kier molecular flexibility index (Phi) is 5.20. The van der Waals surface area contributed by atoms with E-state index in [0.29, 0.717) is 11.6 Å². The minimum Gasteiger partial charge on any atom is -0.323 e. The molecule has 0 saturated heterocycles. The maximum Gasteiger partial charge on any atom is 0.274 e. The molecule has 0 aliphatic heterocycles. The van der Waals surface area contributed by atoms with Crippen molar-refractivity contribution < 1.29 is 4.79 Å². The first-order chi connectivity index (χ1) is 14.2. The molecule has 4 rings (SSSR count). The number of aromatic nitrogens is 4. The van der Waals surface area contributed by atoms with Gasteiger partial charge in [-0.05, 0) is 36.8 Å². The van der Waals surface area contributed by atoms with Crippen LogP contribution in [0.4, 0.5) is 17.3 Å². The van der Waals surface area contributed by atoms with Gasteiger partial charge in [-0.3, -0.25) is 14.8 Å². The summed E-state index contributed by atoms with van der Waals surface area (Å²) in [5.74, 6) is -0.0274. The summed E-state index contributed by atoms with van der Waals surface area (Å²) in [7, 11) is 0. The van der Waals surface area contributed by atoms with E-state index >= 15 is 0 Å². The van der Waals surface area contributed by atoms with Crippen molar-refractivity contribution >= 4 is 23.2 Å². The summed E-state index contributed by atoms with van der Waals surface area (Å²) in [4.78, 5) is 29.6. The smallest absolute Gasteiger partial charge is 0.274 e. The summed E-state index contributed by atoms with van der Waals surface area (Å²) in [6.07, 6.45) is 6.54. The molecule has 0 aliphatic carbocycles. The van der Waals surface area contributed by atoms with E-state index in [1.165, 1.54) is 6.20 Å². The van der Waals surface area contributed by atoms with Gasteiger partial charge in [0.15, 0.2) is 0 Å². The summed E-state index contributed by atoms with van der Waals surface area (Å²) >= 11 is 0. The number of pyridine rings is 2. The number of benzene rings is 1. The third kappa shape index (κ3) is 4.41. The minimum atomic E-state index is -0.345. The van der Waals surface area contributed by atoms with Crippen molar-refractivity contribution in [2.24, 2.45) is 0 Å². The molecule has 0 atom stereocenters. The van der Waals surface area contributed by atoms with Gasteiger partial charge in [0.2, 0.25) is 5.95 Å². The van der Waals surface area contributed by atoms with Crippen LogP contribution in [0, 0.1) is 6.92 Å². The number of carbonyl (C=O) groups is 1. The van der Waals surface area contributed by atoms with E-state index in [1.54, 1.807) is 24.7 Å². The summed E-state index contributed by atoms with van der Waals surface area (Å²) in [5.41, 5.74) is 4.38. The quantitative estimate of drug-likeness (QED) is 0.536. The molecule has 0 bridgehead atoms. The molecule has 7 nitrogen and oxygen atoms in total. The molecule has 2 N–H and O–H groups in total. The highest BCUT2D eigenvalue weighted by molar-refractivity contribution is 6.05. The lowest BCUT2D eigenvalue weighted by Crippen LogP contribution is -2.15. The van der Waals surface area contributed by atoms with Gasteiger partial charge in [-0.15, -0.1) is 0 Å². The highest BCUT2D eigenvalue weighted by Crippen LogP contribution is 2.27. The molecule has 0 radical (unpaired) electrons. The second-order valence-electron chi connectivity index (χ2n) is 6.32. The van der Waals surface area contributed by atoms with Crippen LogP contribution in [0.3, 0.4) is 0 Å². The Bertz CT molecular complexity index is 1130. The number of nitrogens with zero attached hydrogens (tertiary/aromatic N) is 4. The third-order valence-electron chi connectivity index (χ3n) is 4.21. The molecule has 4 aromatic rings. The van der Waals surface area contributed by atoms with Crippen molar-refractivity contribution in [3.8, 4) is 11.1 Å². The van der Waals surface area contributed by atoms with Crippen LogP contribution < -0.4 is 10.6 Å². The van der Waals surface area contributed by atoms with Crippen molar-refractivity contribution in [1.82, 2.24) is 19.9 Å². The van der Waals surface area contributed by atoms with Crippen LogP contribution in [0.5, 0.6) is 0 Å². The predicted molar refractivity (Wildman–Crippen MR) is 112 cm³/mol. The van der Waals surface area contributed by atoms with Gasteiger partial charge < -0.3 is 10.6 Å². The Labute approximate surface area is 167 Å². The average Bonchev–Trinajstić information content (AvgIpc) is 2.76. The zero-order valence-electron chi connectivity index (χ0n) is 15.7. The lowest BCUT2D eigenvalue weighted by molar-refractivity contribution is 0.102. The number of hydrogen-bond donors (Lipinski definition) is 2. The van der Waals surface area contributed by atoms with Crippen LogP contribution in [0.2, 0.25) is 0 Å². The number of anilines is 3. The third-order valence-corrected chi connectivity index (χ3v) is 4.21. The van der Waals surface area contributed by atoms with Gasteiger partial charge in [-0.2, -0.15) is 0 Å². The van der Waals surface area contributed by atoms with E-state index in [1.807, 2.05) is 55.5 Å². The topological polar surface area (TPSA) is 92.7 Å². The molecule has 0 saturated carbocycles. The van der Waals surface area contributed by atoms with E-state index in [0.717, 1.165) is 22.5 Å². The van der Waals surface area contributed by atoms with E-state index in [-0.39, 0.29) is 11.6 Å². The van der Waals surface area contributed by atoms with Crippen LogP contribution in [0.1, 0.15) is 16.2 Å². The molecule has 0 aliphatic rings. The van der Waals surface area contributed by atoms with Gasteiger partial charge in [0.25, 0.3) is 5.91 Å². The second kappa shape index (κ2) is 8.26. The maximum absolute atomic E-state index is 12.8. The van der Waals surface area contributed by atoms with Crippen molar-refractivity contribution in [2.75, 3.05) is 10.6 Å². The van der Waals surface area contributed by atoms with Gasteiger partial charge in [-0.25, -0.2) is 9.97 Å². The Morgan fingerprint density at radius 3 is 2.55 bits per heavy atom. The number of aryl methyl sites for hydroxylation is 1. The van der Waals surface area contributed by atoms with Gasteiger partial charge in [-0.1, -0.05) is 30.3 Å². The highest BCUT2D eigenvalue weighted by Gasteiger charge is 2.13. The van der Waals surface area contributed by atoms with Gasteiger partial charge in [0.1, 0.15) is 5.69 Å². The van der Waals surface area contributed by atoms with Crippen LogP contribution in [0.25, 0.3) is 11.1 Å². The standard InChI is InChI=1S/C22H18N6O/c1-15-7-8-17(13-25-15)26-22-24-12-10-19(28-22)21(29)27-20-14-23-11-9-18(20)16-5-3-2-4-6-16/h2-14H,1H3,(H,27,29)(H,24,26,28). The monoisotopic (exact) mass is 382 g/mol. The molecule has 0 fully saturated rings. The van der Waals surface area contributed by atoms with E-state index in [9.17, 15) is 4.79 Å². The first-order valence-corrected chi connectivity index (χ1v) is 9.02. The zero-order valence-corrected chi connectivity index (χ0v) is 15.7. The Balaban J connectivity index is 1.55. The van der Waals surface area contributed by atoms with E-state index in [4.69, 9.17) is 0 Å². The summed E-state index contributed by atoms with van der Waals surface area (Å²) in [6.45, 7) is 1.91. The first-order valence-electron chi connectivity index (χ1n) is 9.02. The molecule has 0 unspecified atom stereocenters. The minimum absolute atomic E-state index is 0.241. The van der Waals surface area contributed by atoms with Gasteiger partial charge in [0.05, 0.1) is 23.8 Å². The summed E-state index contributed by atoms with van der Waals surface area (Å²) in [5, 5.41) is 5.94. The maximum atomic E-state index is 12.8. The zero-order chi connectivity index (χ0) is 20.1. The number of rotatable bonds is 5. The van der Waals surface area contributed by atoms with Crippen molar-refractivity contribution in [2.45, 2.75) is 6.92 Å². The normalized spacial score (nSPS) is 10.4. The van der Waals surface area contributed by atoms with Crippen LogP contribution in [0.15, 0.2) is 79.4 Å². The highest BCUT2D eigenvalue weighted by atomic mass is 16.1. The fourth-order valence-corrected chi connectivity index (χ4v) is 2.77. The molecule has 7 heteroatoms. The summed E-state index contributed by atoms with van der Waals surface area (Å²) in [6, 6.07) is 17.0. The van der Waals surface area contributed by atoms with Crippen molar-refractivity contribution in [3.63, 3.8) is 0 Å². The Morgan fingerprint density at radius 1 is 0.897 bits per heavy atom. The SMILES string of the molecule is Cc1ccc(Nc2nccc(C(=O)Nc3cnccc3-c3ccccc3)n2)cn1. The molecular formula is C22H18N6O. The van der Waals surface area contributed by atoms with Gasteiger partial charge in [0, 0.05) is 23.7 Å². The largest absolute Gasteiger partial charge is 0.323 e. The number of nitrogens with one attached hydrogen (secondary N) is 2. The fraction of sp³-hybridized carbons (Fsp3) is 0.0455. The molecule has 3 heterocycles. The molecule has 1 aromatic carbocycles. The van der Waals surface area contributed by atoms with E-state index in [2.05, 4.69) is 30.6 Å². The van der Waals surface area contributed by atoms with Crippen molar-refractivity contribution in [1.29, 1.82) is 0 Å². The average molecular weight is 382 g/mol. The number of carbonyl (C=O) groups excluding carboxylic acids is 1. The summed E-state index contributed by atoms with van der Waals surface area (Å²) < 4.78 is 0. The molecule has 142 valence electrons. The fourth-order valence-electron chi connectivity index (χ4n) is 2.77. The lowest BCUT2D eigenvalue weighted by atomic mass is 10.1. The number of amides is 1. The molecule has 29 heavy (non-hydrogen) atoms. The Morgan fingerprint density at radius 2 is 1.76 bits per heavy atom. The molecule has 0 spiro atoms. The first kappa shape index (κ1) is 18.2. The molecule has 1 amide bonds. The van der Waals surface area contributed by atoms with Crippen LogP contribution in [-0.2, 0) is 0 Å². The lowest BCUT2D eigenvalue weighted by Gasteiger charge is -2.11. The molecule has 3 aromatic heterocycles. The van der Waals surface area contributed by atoms with Crippen LogP contribution in [-0.4, -0.2) is 25.8 Å². The second-order valence-corrected chi connectivity index (χ2v) is 6.32. The van der Waals surface area contributed by atoms with E-state index < -0.39 is 0 Å². The van der Waals surface area contributed by atoms with Crippen molar-refractivity contribution in [3.05, 3.63) is 90.8 Å².